The molecular formula is C22H26F2N2O2. The quantitative estimate of drug-likeness (QED) is 0.747. The summed E-state index contributed by atoms with van der Waals surface area (Å²) in [5, 5.41) is 2.89. The number of carbonyl (C=O) groups is 2. The molecule has 0 fully saturated rings. The second-order valence-electron chi connectivity index (χ2n) is 6.95. The lowest BCUT2D eigenvalue weighted by Crippen LogP contribution is -2.49. The Kier molecular flexibility index (Phi) is 7.67. The summed E-state index contributed by atoms with van der Waals surface area (Å²) < 4.78 is 26.3. The van der Waals surface area contributed by atoms with E-state index in [0.717, 1.165) is 12.0 Å². The van der Waals surface area contributed by atoms with Crippen molar-refractivity contribution in [2.45, 2.75) is 52.2 Å². The van der Waals surface area contributed by atoms with Crippen LogP contribution >= 0.6 is 0 Å². The summed E-state index contributed by atoms with van der Waals surface area (Å²) in [6.45, 7) is 5.71. The maximum atomic E-state index is 13.2. The van der Waals surface area contributed by atoms with Crippen molar-refractivity contribution in [2.75, 3.05) is 0 Å². The van der Waals surface area contributed by atoms with Gasteiger partial charge in [-0.3, -0.25) is 9.59 Å². The van der Waals surface area contributed by atoms with Crippen LogP contribution < -0.4 is 5.32 Å². The Bertz CT molecular complexity index is 791. The minimum absolute atomic E-state index is 0.00479. The molecular weight excluding hydrogens is 362 g/mol. The van der Waals surface area contributed by atoms with Crippen LogP contribution in [0.15, 0.2) is 48.5 Å². The Balaban J connectivity index is 2.20. The first-order chi connectivity index (χ1) is 13.3. The number of nitrogens with zero attached hydrogens (tertiary/aromatic N) is 1. The van der Waals surface area contributed by atoms with E-state index in [0.29, 0.717) is 5.56 Å². The summed E-state index contributed by atoms with van der Waals surface area (Å²) in [4.78, 5) is 27.0. The van der Waals surface area contributed by atoms with E-state index in [9.17, 15) is 18.4 Å². The predicted octanol–water partition coefficient (Wildman–Crippen LogP) is 3.84. The molecule has 0 bridgehead atoms. The summed E-state index contributed by atoms with van der Waals surface area (Å²) in [6.07, 6.45) is 0.822. The first kappa shape index (κ1) is 21.5. The van der Waals surface area contributed by atoms with Crippen molar-refractivity contribution < 1.29 is 18.4 Å². The van der Waals surface area contributed by atoms with Crippen molar-refractivity contribution >= 4 is 11.8 Å². The Hall–Kier alpha value is -2.76. The zero-order valence-electron chi connectivity index (χ0n) is 16.4. The molecule has 0 heterocycles. The highest BCUT2D eigenvalue weighted by Gasteiger charge is 2.26. The maximum absolute atomic E-state index is 13.2. The lowest BCUT2D eigenvalue weighted by atomic mass is 10.1. The lowest BCUT2D eigenvalue weighted by Gasteiger charge is -2.29. The smallest absolute Gasteiger partial charge is 0.242 e. The number of carbonyl (C=O) groups excluding carboxylic acids is 2. The van der Waals surface area contributed by atoms with Crippen LogP contribution in [0.2, 0.25) is 0 Å². The molecule has 0 unspecified atom stereocenters. The third-order valence-corrected chi connectivity index (χ3v) is 4.70. The van der Waals surface area contributed by atoms with Crippen LogP contribution in [0, 0.1) is 11.6 Å². The number of hydrogen-bond acceptors (Lipinski definition) is 2. The highest BCUT2D eigenvalue weighted by atomic mass is 19.1. The van der Waals surface area contributed by atoms with Gasteiger partial charge >= 0.3 is 0 Å². The van der Waals surface area contributed by atoms with Gasteiger partial charge in [0.15, 0.2) is 0 Å². The fraction of sp³-hybridized carbons (Fsp3) is 0.364. The summed E-state index contributed by atoms with van der Waals surface area (Å²) in [5.74, 6) is -1.25. The third-order valence-electron chi connectivity index (χ3n) is 4.70. The minimum Gasteiger partial charge on any atom is -0.352 e. The highest BCUT2D eigenvalue weighted by molar-refractivity contribution is 5.88. The van der Waals surface area contributed by atoms with E-state index in [2.05, 4.69) is 5.32 Å². The fourth-order valence-corrected chi connectivity index (χ4v) is 2.71. The van der Waals surface area contributed by atoms with Gasteiger partial charge in [-0.2, -0.15) is 0 Å². The van der Waals surface area contributed by atoms with Crippen molar-refractivity contribution in [3.05, 3.63) is 71.3 Å². The van der Waals surface area contributed by atoms with Gasteiger partial charge < -0.3 is 10.2 Å². The SMILES string of the molecule is CC[C@@H](C)NC(=O)[C@@H](C)N(Cc1ccc(F)cc1)C(=O)Cc1ccc(F)cc1. The van der Waals surface area contributed by atoms with Gasteiger partial charge in [-0.05, 0) is 55.7 Å². The van der Waals surface area contributed by atoms with Crippen LogP contribution in [-0.2, 0) is 22.6 Å². The van der Waals surface area contributed by atoms with E-state index >= 15 is 0 Å². The van der Waals surface area contributed by atoms with E-state index in [1.165, 1.54) is 29.2 Å². The zero-order valence-corrected chi connectivity index (χ0v) is 16.4. The molecule has 2 rings (SSSR count). The van der Waals surface area contributed by atoms with Crippen molar-refractivity contribution in [3.63, 3.8) is 0 Å². The molecule has 0 spiro atoms. The van der Waals surface area contributed by atoms with E-state index in [1.54, 1.807) is 31.2 Å². The van der Waals surface area contributed by atoms with Crippen LogP contribution in [0.25, 0.3) is 0 Å². The average Bonchev–Trinajstić information content (AvgIpc) is 2.68. The van der Waals surface area contributed by atoms with Crippen LogP contribution in [0.1, 0.15) is 38.3 Å². The summed E-state index contributed by atoms with van der Waals surface area (Å²) in [6, 6.07) is 10.8. The number of nitrogens with one attached hydrogen (secondary N) is 1. The fourth-order valence-electron chi connectivity index (χ4n) is 2.71. The molecule has 0 aromatic heterocycles. The molecule has 4 nitrogen and oxygen atoms in total. The molecule has 0 aliphatic carbocycles. The van der Waals surface area contributed by atoms with Gasteiger partial charge in [-0.1, -0.05) is 31.2 Å². The number of rotatable bonds is 8. The molecule has 6 heteroatoms. The Morgan fingerprint density at radius 3 is 1.93 bits per heavy atom. The van der Waals surface area contributed by atoms with Gasteiger partial charge in [-0.15, -0.1) is 0 Å². The molecule has 2 aromatic carbocycles. The zero-order chi connectivity index (χ0) is 20.7. The van der Waals surface area contributed by atoms with E-state index in [-0.39, 0.29) is 42.5 Å². The van der Waals surface area contributed by atoms with Crippen molar-refractivity contribution in [1.82, 2.24) is 10.2 Å². The lowest BCUT2D eigenvalue weighted by molar-refractivity contribution is -0.140. The number of hydrogen-bond donors (Lipinski definition) is 1. The van der Waals surface area contributed by atoms with Gasteiger partial charge in [0, 0.05) is 12.6 Å². The second-order valence-corrected chi connectivity index (χ2v) is 6.95. The van der Waals surface area contributed by atoms with Gasteiger partial charge in [0.2, 0.25) is 11.8 Å². The number of amides is 2. The van der Waals surface area contributed by atoms with Gasteiger partial charge in [0.1, 0.15) is 17.7 Å². The van der Waals surface area contributed by atoms with Crippen LogP contribution in [0.5, 0.6) is 0 Å². The standard InChI is InChI=1S/C22H26F2N2O2/c1-4-15(2)25-22(28)16(3)26(14-18-7-11-20(24)12-8-18)21(27)13-17-5-9-19(23)10-6-17/h5-12,15-16H,4,13-14H2,1-3H3,(H,25,28)/t15-,16-/m1/s1. The average molecular weight is 388 g/mol. The topological polar surface area (TPSA) is 49.4 Å². The second kappa shape index (κ2) is 9.97. The molecule has 2 amide bonds. The van der Waals surface area contributed by atoms with Crippen molar-refractivity contribution in [1.29, 1.82) is 0 Å². The molecule has 2 aromatic rings. The predicted molar refractivity (Wildman–Crippen MR) is 104 cm³/mol. The maximum Gasteiger partial charge on any atom is 0.242 e. The molecule has 0 saturated carbocycles. The molecule has 0 aliphatic rings. The first-order valence-corrected chi connectivity index (χ1v) is 9.39. The Labute approximate surface area is 164 Å². The van der Waals surface area contributed by atoms with E-state index in [4.69, 9.17) is 0 Å². The van der Waals surface area contributed by atoms with Crippen LogP contribution in [0.3, 0.4) is 0 Å². The van der Waals surface area contributed by atoms with Gasteiger partial charge in [-0.25, -0.2) is 8.78 Å². The van der Waals surface area contributed by atoms with Gasteiger partial charge in [0.25, 0.3) is 0 Å². The largest absolute Gasteiger partial charge is 0.352 e. The molecule has 2 atom stereocenters. The van der Waals surface area contributed by atoms with E-state index in [1.807, 2.05) is 13.8 Å². The summed E-state index contributed by atoms with van der Waals surface area (Å²) in [7, 11) is 0. The first-order valence-electron chi connectivity index (χ1n) is 9.39. The Morgan fingerprint density at radius 2 is 1.43 bits per heavy atom. The van der Waals surface area contributed by atoms with Crippen LogP contribution in [0.4, 0.5) is 8.78 Å². The summed E-state index contributed by atoms with van der Waals surface area (Å²) in [5.41, 5.74) is 1.38. The molecule has 150 valence electrons. The summed E-state index contributed by atoms with van der Waals surface area (Å²) >= 11 is 0. The molecule has 0 radical (unpaired) electrons. The Morgan fingerprint density at radius 1 is 0.929 bits per heavy atom. The van der Waals surface area contributed by atoms with Crippen molar-refractivity contribution in [2.24, 2.45) is 0 Å². The molecule has 1 N–H and O–H groups in total. The van der Waals surface area contributed by atoms with Gasteiger partial charge in [0.05, 0.1) is 6.42 Å². The normalized spacial score (nSPS) is 12.9. The number of halogens is 2. The molecule has 28 heavy (non-hydrogen) atoms. The third kappa shape index (κ3) is 6.15. The highest BCUT2D eigenvalue weighted by Crippen LogP contribution is 2.14. The minimum atomic E-state index is -0.702. The van der Waals surface area contributed by atoms with E-state index < -0.39 is 6.04 Å². The number of benzene rings is 2. The van der Waals surface area contributed by atoms with Crippen LogP contribution in [-0.4, -0.2) is 28.8 Å². The molecule has 0 aliphatic heterocycles. The molecule has 0 saturated heterocycles. The monoisotopic (exact) mass is 388 g/mol. The van der Waals surface area contributed by atoms with Crippen molar-refractivity contribution in [3.8, 4) is 0 Å².